The highest BCUT2D eigenvalue weighted by atomic mass is 19.1. The summed E-state index contributed by atoms with van der Waals surface area (Å²) in [7, 11) is 0. The number of nitrogens with one attached hydrogen (secondary N) is 2. The standard InChI is InChI=1S/C34H40FN5O2/c1-2-28-29(18-24(19-31(28)35)22-40-13-4-3-5-14-40)25-8-11-32(36)30(20-25)33(37)34(41)39-27-10-9-26(38-21-27)17-23-7-6-15-42-16-12-23/h2,8-11,18-21,23,37H,1,3-7,12-17,22,36H2,(H,39,41). The molecule has 42 heavy (non-hydrogen) atoms. The molecule has 1 aromatic heterocycles. The molecule has 8 heteroatoms. The van der Waals surface area contributed by atoms with E-state index in [0.717, 1.165) is 76.1 Å². The predicted molar refractivity (Wildman–Crippen MR) is 167 cm³/mol. The number of rotatable bonds is 9. The monoisotopic (exact) mass is 569 g/mol. The number of halogens is 1. The summed E-state index contributed by atoms with van der Waals surface area (Å²) in [5, 5.41) is 11.4. The Bertz CT molecular complexity index is 1420. The molecule has 0 bridgehead atoms. The fraction of sp³-hybridized carbons (Fsp3) is 0.382. The molecule has 5 rings (SSSR count). The van der Waals surface area contributed by atoms with Crippen LogP contribution in [0, 0.1) is 17.1 Å². The highest BCUT2D eigenvalue weighted by Crippen LogP contribution is 2.32. The van der Waals surface area contributed by atoms with Crippen molar-refractivity contribution in [2.75, 3.05) is 37.4 Å². The van der Waals surface area contributed by atoms with Crippen LogP contribution in [0.5, 0.6) is 0 Å². The molecule has 0 saturated carbocycles. The highest BCUT2D eigenvalue weighted by molar-refractivity contribution is 6.48. The van der Waals surface area contributed by atoms with Gasteiger partial charge in [0.05, 0.1) is 11.9 Å². The molecule has 0 radical (unpaired) electrons. The zero-order valence-corrected chi connectivity index (χ0v) is 24.1. The van der Waals surface area contributed by atoms with E-state index in [-0.39, 0.29) is 17.1 Å². The lowest BCUT2D eigenvalue weighted by Gasteiger charge is -2.26. The molecular weight excluding hydrogens is 529 g/mol. The van der Waals surface area contributed by atoms with E-state index in [1.807, 2.05) is 18.2 Å². The number of benzene rings is 2. The molecule has 3 aromatic rings. The normalized spacial score (nSPS) is 17.8. The summed E-state index contributed by atoms with van der Waals surface area (Å²) in [6.07, 6.45) is 10.8. The van der Waals surface area contributed by atoms with Gasteiger partial charge >= 0.3 is 0 Å². The third-order valence-electron chi connectivity index (χ3n) is 8.26. The van der Waals surface area contributed by atoms with Crippen LogP contribution in [0.2, 0.25) is 0 Å². The Morgan fingerprint density at radius 3 is 2.71 bits per heavy atom. The van der Waals surface area contributed by atoms with Crippen LogP contribution in [0.3, 0.4) is 0 Å². The van der Waals surface area contributed by atoms with Crippen molar-refractivity contribution in [3.05, 3.63) is 83.4 Å². The van der Waals surface area contributed by atoms with E-state index in [0.29, 0.717) is 40.5 Å². The zero-order chi connectivity index (χ0) is 29.5. The number of ether oxygens (including phenoxy) is 1. The summed E-state index contributed by atoms with van der Waals surface area (Å²) in [4.78, 5) is 20.0. The summed E-state index contributed by atoms with van der Waals surface area (Å²) >= 11 is 0. The fourth-order valence-electron chi connectivity index (χ4n) is 5.93. The molecule has 2 saturated heterocycles. The number of hydrogen-bond acceptors (Lipinski definition) is 6. The maximum absolute atomic E-state index is 15.2. The first-order valence-corrected chi connectivity index (χ1v) is 14.9. The number of nitrogen functional groups attached to an aromatic ring is 1. The van der Waals surface area contributed by atoms with Gasteiger partial charge < -0.3 is 15.8 Å². The fourth-order valence-corrected chi connectivity index (χ4v) is 5.93. The summed E-state index contributed by atoms with van der Waals surface area (Å²) in [5.74, 6) is -0.392. The SMILES string of the molecule is C=Cc1c(F)cc(CN2CCCCC2)cc1-c1ccc(N)c(C(=N)C(=O)Nc2ccc(CC3CCCOCC3)nc2)c1. The molecule has 1 atom stereocenters. The number of carbonyl (C=O) groups is 1. The molecule has 2 aliphatic heterocycles. The van der Waals surface area contributed by atoms with E-state index in [1.54, 1.807) is 30.5 Å². The van der Waals surface area contributed by atoms with E-state index in [1.165, 1.54) is 12.5 Å². The third kappa shape index (κ3) is 7.30. The highest BCUT2D eigenvalue weighted by Gasteiger charge is 2.20. The van der Waals surface area contributed by atoms with E-state index >= 15 is 4.39 Å². The summed E-state index contributed by atoms with van der Waals surface area (Å²) in [6, 6.07) is 12.4. The molecule has 220 valence electrons. The van der Waals surface area contributed by atoms with Crippen molar-refractivity contribution in [3.8, 4) is 11.1 Å². The number of nitrogens with two attached hydrogens (primary N) is 1. The van der Waals surface area contributed by atoms with Crippen molar-refractivity contribution in [2.24, 2.45) is 5.92 Å². The zero-order valence-electron chi connectivity index (χ0n) is 24.1. The number of likely N-dealkylation sites (tertiary alicyclic amines) is 1. The van der Waals surface area contributed by atoms with Crippen LogP contribution in [0.4, 0.5) is 15.8 Å². The number of aromatic nitrogens is 1. The first-order valence-electron chi connectivity index (χ1n) is 14.9. The van der Waals surface area contributed by atoms with Crippen molar-refractivity contribution < 1.29 is 13.9 Å². The molecule has 7 nitrogen and oxygen atoms in total. The minimum atomic E-state index is -0.594. The summed E-state index contributed by atoms with van der Waals surface area (Å²) < 4.78 is 20.8. The van der Waals surface area contributed by atoms with Gasteiger partial charge in [0.15, 0.2) is 0 Å². The Balaban J connectivity index is 1.31. The van der Waals surface area contributed by atoms with Gasteiger partial charge in [0.2, 0.25) is 0 Å². The van der Waals surface area contributed by atoms with Gasteiger partial charge in [-0.25, -0.2) is 4.39 Å². The molecule has 3 heterocycles. The molecule has 0 spiro atoms. The molecular formula is C34H40FN5O2. The van der Waals surface area contributed by atoms with Crippen LogP contribution in [0.15, 0.2) is 55.2 Å². The number of anilines is 2. The molecule has 0 aliphatic carbocycles. The van der Waals surface area contributed by atoms with E-state index in [4.69, 9.17) is 15.9 Å². The van der Waals surface area contributed by atoms with Crippen molar-refractivity contribution in [3.63, 3.8) is 0 Å². The average Bonchev–Trinajstić information content (AvgIpc) is 3.27. The first-order chi connectivity index (χ1) is 20.4. The van der Waals surface area contributed by atoms with Crippen LogP contribution >= 0.6 is 0 Å². The van der Waals surface area contributed by atoms with Gasteiger partial charge in [-0.15, -0.1) is 0 Å². The number of pyridine rings is 1. The van der Waals surface area contributed by atoms with Gasteiger partial charge in [0, 0.05) is 42.3 Å². The quantitative estimate of drug-likeness (QED) is 0.203. The minimum Gasteiger partial charge on any atom is -0.398 e. The van der Waals surface area contributed by atoms with E-state index < -0.39 is 5.91 Å². The number of amides is 1. The maximum Gasteiger partial charge on any atom is 0.274 e. The topological polar surface area (TPSA) is 104 Å². The van der Waals surface area contributed by atoms with Crippen LogP contribution in [-0.4, -0.2) is 47.8 Å². The van der Waals surface area contributed by atoms with Gasteiger partial charge in [-0.05, 0) is 111 Å². The lowest BCUT2D eigenvalue weighted by Crippen LogP contribution is -2.29. The Kier molecular flexibility index (Phi) is 9.77. The van der Waals surface area contributed by atoms with Crippen molar-refractivity contribution in [2.45, 2.75) is 51.5 Å². The number of hydrogen-bond donors (Lipinski definition) is 3. The largest absolute Gasteiger partial charge is 0.398 e. The summed E-state index contributed by atoms with van der Waals surface area (Å²) in [5.41, 5.74) is 10.6. The Morgan fingerprint density at radius 2 is 1.95 bits per heavy atom. The van der Waals surface area contributed by atoms with Crippen molar-refractivity contribution >= 4 is 29.1 Å². The second-order valence-electron chi connectivity index (χ2n) is 11.4. The molecule has 2 aromatic carbocycles. The number of nitrogens with zero attached hydrogens (tertiary/aromatic N) is 2. The molecule has 2 aliphatic rings. The van der Waals surface area contributed by atoms with Gasteiger partial charge in [0.1, 0.15) is 11.5 Å². The molecule has 1 amide bonds. The Labute approximate surface area is 247 Å². The van der Waals surface area contributed by atoms with Gasteiger partial charge in [-0.2, -0.15) is 0 Å². The van der Waals surface area contributed by atoms with Gasteiger partial charge in [-0.1, -0.05) is 25.1 Å². The second-order valence-corrected chi connectivity index (χ2v) is 11.4. The Hall–Kier alpha value is -3.88. The average molecular weight is 570 g/mol. The third-order valence-corrected chi connectivity index (χ3v) is 8.26. The van der Waals surface area contributed by atoms with Crippen molar-refractivity contribution in [1.29, 1.82) is 5.41 Å². The second kappa shape index (κ2) is 13.9. The number of piperidine rings is 1. The predicted octanol–water partition coefficient (Wildman–Crippen LogP) is 6.46. The van der Waals surface area contributed by atoms with Crippen LogP contribution < -0.4 is 11.1 Å². The van der Waals surface area contributed by atoms with E-state index in [9.17, 15) is 4.79 Å². The molecule has 4 N–H and O–H groups in total. The molecule has 2 fully saturated rings. The van der Waals surface area contributed by atoms with Crippen LogP contribution in [-0.2, 0) is 22.5 Å². The van der Waals surface area contributed by atoms with Crippen molar-refractivity contribution in [1.82, 2.24) is 9.88 Å². The smallest absolute Gasteiger partial charge is 0.274 e. The Morgan fingerprint density at radius 1 is 1.12 bits per heavy atom. The van der Waals surface area contributed by atoms with Crippen LogP contribution in [0.1, 0.15) is 60.9 Å². The lowest BCUT2D eigenvalue weighted by molar-refractivity contribution is -0.110. The maximum atomic E-state index is 15.2. The lowest BCUT2D eigenvalue weighted by atomic mass is 9.93. The van der Waals surface area contributed by atoms with E-state index in [2.05, 4.69) is 21.8 Å². The van der Waals surface area contributed by atoms with Gasteiger partial charge in [-0.3, -0.25) is 20.1 Å². The first kappa shape index (κ1) is 29.6. The molecule has 1 unspecified atom stereocenters. The number of carbonyl (C=O) groups excluding carboxylic acids is 1. The van der Waals surface area contributed by atoms with Gasteiger partial charge in [0.25, 0.3) is 5.91 Å². The summed E-state index contributed by atoms with van der Waals surface area (Å²) in [6.45, 7) is 8.12. The van der Waals surface area contributed by atoms with Crippen LogP contribution in [0.25, 0.3) is 17.2 Å². The minimum absolute atomic E-state index is 0.276.